The van der Waals surface area contributed by atoms with E-state index in [0.717, 1.165) is 0 Å². The molecular formula is C24H40AlN2O4P2-. The van der Waals surface area contributed by atoms with E-state index in [1.807, 2.05) is 0 Å². The molecule has 0 N–H and O–H groups in total. The molecule has 0 saturated carbocycles. The summed E-state index contributed by atoms with van der Waals surface area (Å²) in [5.74, 6) is 4.68. The lowest BCUT2D eigenvalue weighted by Crippen LogP contribution is -2.59. The molecule has 33 heavy (non-hydrogen) atoms. The minimum atomic E-state index is -2.98. The second-order valence-corrected chi connectivity index (χ2v) is 17.7. The minimum Gasteiger partial charge on any atom is -0.506 e. The van der Waals surface area contributed by atoms with Crippen molar-refractivity contribution in [3.05, 3.63) is 57.6 Å². The molecule has 2 rings (SSSR count). The van der Waals surface area contributed by atoms with E-state index in [-0.39, 0.29) is 0 Å². The summed E-state index contributed by atoms with van der Waals surface area (Å²) in [5.41, 5.74) is 9.65. The Morgan fingerprint density at radius 3 is 1.00 bits per heavy atom. The van der Waals surface area contributed by atoms with Crippen LogP contribution in [-0.4, -0.2) is 42.0 Å². The van der Waals surface area contributed by atoms with Gasteiger partial charge in [-0.05, 0) is 75.2 Å². The summed E-state index contributed by atoms with van der Waals surface area (Å²) in [5, 5.41) is 0. The number of nitrogens with zero attached hydrogens (tertiary/aromatic N) is 2. The van der Waals surface area contributed by atoms with Crippen LogP contribution in [0.1, 0.15) is 33.4 Å². The van der Waals surface area contributed by atoms with Crippen molar-refractivity contribution in [1.29, 1.82) is 0 Å². The van der Waals surface area contributed by atoms with Crippen molar-refractivity contribution in [2.45, 2.75) is 53.1 Å². The Morgan fingerprint density at radius 1 is 0.545 bits per heavy atom. The van der Waals surface area contributed by atoms with Gasteiger partial charge in [0.05, 0.1) is 0 Å². The minimum absolute atomic E-state index is 1.17. The van der Waals surface area contributed by atoms with Crippen LogP contribution >= 0.6 is 17.1 Å². The summed E-state index contributed by atoms with van der Waals surface area (Å²) in [6.45, 7) is 12.9. The molecule has 0 heterocycles. The van der Waals surface area contributed by atoms with E-state index >= 15 is 0 Å². The summed E-state index contributed by atoms with van der Waals surface area (Å²) in [7, 11) is 4.19. The molecule has 0 aliphatic rings. The van der Waals surface area contributed by atoms with Crippen LogP contribution in [0, 0.1) is 41.5 Å². The second-order valence-electron chi connectivity index (χ2n) is 9.12. The van der Waals surface area contributed by atoms with Crippen LogP contribution in [0.2, 0.25) is 11.6 Å². The highest BCUT2D eigenvalue weighted by atomic mass is 31.2. The highest BCUT2D eigenvalue weighted by Gasteiger charge is 2.45. The third-order valence-electron chi connectivity index (χ3n) is 5.90. The van der Waals surface area contributed by atoms with Crippen LogP contribution in [-0.2, 0) is 18.1 Å². The average molecular weight is 510 g/mol. The first-order valence-corrected chi connectivity index (χ1v) is 16.8. The topological polar surface area (TPSA) is 43.4 Å². The van der Waals surface area contributed by atoms with Crippen molar-refractivity contribution in [3.8, 4) is 0 Å². The second kappa shape index (κ2) is 11.8. The monoisotopic (exact) mass is 509 g/mol. The first kappa shape index (κ1) is 28.5. The van der Waals surface area contributed by atoms with Crippen LogP contribution in [0.15, 0.2) is 24.3 Å². The van der Waals surface area contributed by atoms with Gasteiger partial charge in [-0.1, -0.05) is 35.4 Å². The SMILES string of the molecule is COP(OC)[N](c1c(C)cc(C)cc1C)[Al-]([CH3])([CH3])[N](c1c(C)cc(C)cc1C)P(OC)OC. The van der Waals surface area contributed by atoms with Gasteiger partial charge in [-0.15, -0.1) is 0 Å². The Labute approximate surface area is 206 Å². The number of hydrogen-bond acceptors (Lipinski definition) is 6. The third kappa shape index (κ3) is 5.92. The van der Waals surface area contributed by atoms with Gasteiger partial charge >= 0.3 is 13.5 Å². The third-order valence-corrected chi connectivity index (χ3v) is 15.7. The van der Waals surface area contributed by atoms with E-state index in [1.54, 1.807) is 28.4 Å². The summed E-state index contributed by atoms with van der Waals surface area (Å²) in [6.07, 6.45) is 0. The fourth-order valence-electron chi connectivity index (χ4n) is 4.93. The maximum Gasteiger partial charge on any atom is 0.403 e. The van der Waals surface area contributed by atoms with Gasteiger partial charge in [0.25, 0.3) is 0 Å². The quantitative estimate of drug-likeness (QED) is 0.243. The van der Waals surface area contributed by atoms with E-state index in [9.17, 15) is 0 Å². The predicted octanol–water partition coefficient (Wildman–Crippen LogP) is 7.59. The van der Waals surface area contributed by atoms with Gasteiger partial charge in [-0.3, -0.25) is 0 Å². The Bertz CT molecular complexity index is 844. The molecule has 2 aromatic rings. The number of aryl methyl sites for hydroxylation is 6. The highest BCUT2D eigenvalue weighted by molar-refractivity contribution is 7.58. The molecule has 0 aliphatic heterocycles. The first-order valence-electron chi connectivity index (χ1n) is 11.2. The van der Waals surface area contributed by atoms with Gasteiger partial charge in [-0.25, -0.2) is 0 Å². The Morgan fingerprint density at radius 2 is 0.788 bits per heavy atom. The van der Waals surface area contributed by atoms with Crippen LogP contribution in [0.4, 0.5) is 11.4 Å². The fourth-order valence-corrected chi connectivity index (χ4v) is 14.9. The summed E-state index contributed by atoms with van der Waals surface area (Å²) in [4.78, 5) is 0. The maximum atomic E-state index is 5.96. The molecule has 0 unspecified atom stereocenters. The molecule has 6 nitrogen and oxygen atoms in total. The Kier molecular flexibility index (Phi) is 10.2. The first-order chi connectivity index (χ1) is 15.4. The Hall–Kier alpha value is -0.728. The normalized spacial score (nSPS) is 12.1. The lowest BCUT2D eigenvalue weighted by Gasteiger charge is -2.57. The van der Waals surface area contributed by atoms with Crippen molar-refractivity contribution in [2.24, 2.45) is 0 Å². The summed E-state index contributed by atoms with van der Waals surface area (Å²) >= 11 is -2.98. The predicted molar refractivity (Wildman–Crippen MR) is 146 cm³/mol. The highest BCUT2D eigenvalue weighted by Crippen LogP contribution is 2.57. The largest absolute Gasteiger partial charge is 0.506 e. The fraction of sp³-hybridized carbons (Fsp3) is 0.500. The molecule has 9 heteroatoms. The lowest BCUT2D eigenvalue weighted by molar-refractivity contribution is 0.339. The molecule has 0 radical (unpaired) electrons. The van der Waals surface area contributed by atoms with Crippen LogP contribution in [0.5, 0.6) is 0 Å². The number of anilines is 2. The van der Waals surface area contributed by atoms with Gasteiger partial charge in [0.1, 0.15) is 0 Å². The smallest absolute Gasteiger partial charge is 0.403 e. The van der Waals surface area contributed by atoms with Crippen molar-refractivity contribution < 1.29 is 18.1 Å². The molecule has 0 fully saturated rings. The summed E-state index contributed by atoms with van der Waals surface area (Å²) < 4.78 is 28.7. The molecule has 0 aliphatic carbocycles. The lowest BCUT2D eigenvalue weighted by atomic mass is 10.1. The molecule has 0 atom stereocenters. The molecule has 0 saturated heterocycles. The summed E-state index contributed by atoms with van der Waals surface area (Å²) in [6, 6.07) is 8.91. The maximum absolute atomic E-state index is 5.96. The van der Waals surface area contributed by atoms with Crippen molar-refractivity contribution in [3.63, 3.8) is 0 Å². The van der Waals surface area contributed by atoms with Gasteiger partial charge in [0, 0.05) is 28.4 Å². The average Bonchev–Trinajstić information content (AvgIpc) is 2.71. The number of benzene rings is 2. The van der Waals surface area contributed by atoms with Crippen LogP contribution in [0.3, 0.4) is 0 Å². The zero-order valence-corrected chi connectivity index (χ0v) is 25.3. The molecule has 0 bridgehead atoms. The van der Waals surface area contributed by atoms with E-state index in [1.165, 1.54) is 44.8 Å². The van der Waals surface area contributed by atoms with E-state index in [0.29, 0.717) is 0 Å². The van der Waals surface area contributed by atoms with E-state index in [2.05, 4.69) is 84.7 Å². The van der Waals surface area contributed by atoms with E-state index in [4.69, 9.17) is 18.1 Å². The molecule has 2 aromatic carbocycles. The molecule has 0 spiro atoms. The molecular weight excluding hydrogens is 469 g/mol. The number of hydrogen-bond donors (Lipinski definition) is 0. The van der Waals surface area contributed by atoms with Gasteiger partial charge in [0.15, 0.2) is 0 Å². The van der Waals surface area contributed by atoms with E-state index < -0.39 is 30.6 Å². The Balaban J connectivity index is 2.89. The standard InChI is InChI=1S/2C11H17NO2P.2CH3.Al/c2*1-8-6-9(2)11(10(3)7-8)12-15(13-4)14-5;;;/h2*6-7H,1-5H3;2*1H3;/q2*-1;;;+1. The van der Waals surface area contributed by atoms with Crippen molar-refractivity contribution >= 4 is 41.9 Å². The van der Waals surface area contributed by atoms with Gasteiger partial charge < -0.3 is 25.4 Å². The zero-order chi connectivity index (χ0) is 25.1. The van der Waals surface area contributed by atoms with Crippen LogP contribution in [0.25, 0.3) is 0 Å². The molecule has 0 amide bonds. The van der Waals surface area contributed by atoms with Crippen molar-refractivity contribution in [2.75, 3.05) is 35.7 Å². The zero-order valence-electron chi connectivity index (χ0n) is 22.3. The van der Waals surface area contributed by atoms with Gasteiger partial charge in [-0.2, -0.15) is 11.6 Å². The molecule has 0 aromatic heterocycles. The van der Waals surface area contributed by atoms with Gasteiger partial charge in [0.2, 0.25) is 17.1 Å². The van der Waals surface area contributed by atoms with Crippen molar-refractivity contribution in [1.82, 2.24) is 0 Å². The number of rotatable bonds is 10. The van der Waals surface area contributed by atoms with Crippen LogP contribution < -0.4 is 7.31 Å². The molecule has 184 valence electrons.